The fourth-order valence-corrected chi connectivity index (χ4v) is 2.96. The predicted molar refractivity (Wildman–Crippen MR) is 90.9 cm³/mol. The van der Waals surface area contributed by atoms with Crippen LogP contribution in [-0.4, -0.2) is 11.1 Å². The van der Waals surface area contributed by atoms with Crippen LogP contribution in [0.25, 0.3) is 0 Å². The number of amides is 1. The molecular formula is C18H16N2O2S. The van der Waals surface area contributed by atoms with Crippen LogP contribution in [0.4, 0.5) is 5.69 Å². The molecule has 0 saturated carbocycles. The summed E-state index contributed by atoms with van der Waals surface area (Å²) in [6.45, 7) is 4.22. The molecule has 0 radical (unpaired) electrons. The largest absolute Gasteiger partial charge is 0.364 e. The second-order valence-corrected chi connectivity index (χ2v) is 6.36. The van der Waals surface area contributed by atoms with Crippen molar-refractivity contribution >= 4 is 23.4 Å². The summed E-state index contributed by atoms with van der Waals surface area (Å²) in [5.74, 6) is -0.284. The van der Waals surface area contributed by atoms with Crippen LogP contribution in [0.15, 0.2) is 69.1 Å². The Hall–Kier alpha value is -2.53. The monoisotopic (exact) mass is 324 g/mol. The van der Waals surface area contributed by atoms with Crippen molar-refractivity contribution in [2.75, 3.05) is 5.32 Å². The summed E-state index contributed by atoms with van der Waals surface area (Å²) in [7, 11) is 0. The van der Waals surface area contributed by atoms with Gasteiger partial charge in [-0.15, -0.1) is 0 Å². The zero-order chi connectivity index (χ0) is 16.2. The van der Waals surface area contributed by atoms with Crippen LogP contribution in [0.2, 0.25) is 0 Å². The van der Waals surface area contributed by atoms with E-state index >= 15 is 0 Å². The van der Waals surface area contributed by atoms with E-state index < -0.39 is 0 Å². The molecule has 2 aromatic carbocycles. The van der Waals surface area contributed by atoms with Crippen molar-refractivity contribution < 1.29 is 9.32 Å². The van der Waals surface area contributed by atoms with Crippen molar-refractivity contribution in [2.45, 2.75) is 23.6 Å². The number of anilines is 1. The summed E-state index contributed by atoms with van der Waals surface area (Å²) < 4.78 is 4.66. The molecule has 4 nitrogen and oxygen atoms in total. The molecule has 1 aromatic heterocycles. The number of carbonyl (C=O) groups is 1. The van der Waals surface area contributed by atoms with Crippen molar-refractivity contribution in [1.29, 1.82) is 0 Å². The summed E-state index contributed by atoms with van der Waals surface area (Å²) in [5, 5.41) is 6.39. The van der Waals surface area contributed by atoms with Gasteiger partial charge in [-0.25, -0.2) is 0 Å². The van der Waals surface area contributed by atoms with Crippen molar-refractivity contribution in [3.63, 3.8) is 0 Å². The number of aromatic nitrogens is 1. The number of nitrogens with zero attached hydrogens (tertiary/aromatic N) is 1. The summed E-state index contributed by atoms with van der Waals surface area (Å²) in [5.41, 5.74) is 3.56. The van der Waals surface area contributed by atoms with E-state index in [1.54, 1.807) is 11.8 Å². The highest BCUT2D eigenvalue weighted by molar-refractivity contribution is 7.99. The van der Waals surface area contributed by atoms with Gasteiger partial charge in [0.05, 0.1) is 0 Å². The normalized spacial score (nSPS) is 10.5. The molecule has 0 atom stereocenters. The standard InChI is InChI=1S/C18H16N2O2S/c1-12-3-6-16(11-13(12)2)23-15-7-4-14(5-8-15)19-18(21)17-9-10-22-20-17/h3-11H,1-2H3,(H,19,21). The van der Waals surface area contributed by atoms with E-state index in [9.17, 15) is 4.79 Å². The van der Waals surface area contributed by atoms with Gasteiger partial charge in [0, 0.05) is 21.5 Å². The van der Waals surface area contributed by atoms with Crippen molar-refractivity contribution in [3.05, 3.63) is 71.6 Å². The number of benzene rings is 2. The lowest BCUT2D eigenvalue weighted by Gasteiger charge is -2.07. The molecule has 0 aliphatic carbocycles. The second-order valence-electron chi connectivity index (χ2n) is 5.21. The van der Waals surface area contributed by atoms with E-state index in [1.807, 2.05) is 24.3 Å². The first-order chi connectivity index (χ1) is 11.1. The lowest BCUT2D eigenvalue weighted by atomic mass is 10.1. The number of hydrogen-bond donors (Lipinski definition) is 1. The maximum atomic E-state index is 11.9. The first-order valence-electron chi connectivity index (χ1n) is 7.19. The Morgan fingerprint density at radius 2 is 1.74 bits per heavy atom. The van der Waals surface area contributed by atoms with E-state index in [0.29, 0.717) is 0 Å². The van der Waals surface area contributed by atoms with Crippen LogP contribution in [-0.2, 0) is 0 Å². The average molecular weight is 324 g/mol. The van der Waals surface area contributed by atoms with Crippen LogP contribution in [0.1, 0.15) is 21.6 Å². The first-order valence-corrected chi connectivity index (χ1v) is 8.00. The molecule has 5 heteroatoms. The Labute approximate surface area is 138 Å². The molecule has 0 bridgehead atoms. The van der Waals surface area contributed by atoms with Gasteiger partial charge in [-0.1, -0.05) is 23.0 Å². The SMILES string of the molecule is Cc1ccc(Sc2ccc(NC(=O)c3ccon3)cc2)cc1C. The molecular weight excluding hydrogens is 308 g/mol. The third-order valence-corrected chi connectivity index (χ3v) is 4.49. The molecule has 0 fully saturated rings. The maximum Gasteiger partial charge on any atom is 0.277 e. The van der Waals surface area contributed by atoms with Crippen LogP contribution in [0, 0.1) is 13.8 Å². The second kappa shape index (κ2) is 6.71. The maximum absolute atomic E-state index is 11.9. The van der Waals surface area contributed by atoms with Crippen molar-refractivity contribution in [2.24, 2.45) is 0 Å². The number of rotatable bonds is 4. The van der Waals surface area contributed by atoms with Gasteiger partial charge in [-0.05, 0) is 61.4 Å². The Balaban J connectivity index is 1.67. The van der Waals surface area contributed by atoms with Crippen molar-refractivity contribution in [3.8, 4) is 0 Å². The molecule has 1 amide bonds. The smallest absolute Gasteiger partial charge is 0.277 e. The lowest BCUT2D eigenvalue weighted by Crippen LogP contribution is -2.11. The molecule has 3 aromatic rings. The van der Waals surface area contributed by atoms with Gasteiger partial charge in [0.1, 0.15) is 6.26 Å². The Bertz CT molecular complexity index is 812. The van der Waals surface area contributed by atoms with Gasteiger partial charge in [0.2, 0.25) is 0 Å². The van der Waals surface area contributed by atoms with E-state index in [1.165, 1.54) is 28.4 Å². The van der Waals surface area contributed by atoms with E-state index in [4.69, 9.17) is 0 Å². The van der Waals surface area contributed by atoms with Crippen LogP contribution in [0.3, 0.4) is 0 Å². The Morgan fingerprint density at radius 1 is 1.00 bits per heavy atom. The minimum Gasteiger partial charge on any atom is -0.364 e. The van der Waals surface area contributed by atoms with E-state index in [0.717, 1.165) is 10.6 Å². The van der Waals surface area contributed by atoms with Crippen LogP contribution < -0.4 is 5.32 Å². The topological polar surface area (TPSA) is 55.1 Å². The zero-order valence-electron chi connectivity index (χ0n) is 12.9. The fraction of sp³-hybridized carbons (Fsp3) is 0.111. The molecule has 23 heavy (non-hydrogen) atoms. The number of hydrogen-bond acceptors (Lipinski definition) is 4. The number of aryl methyl sites for hydroxylation is 2. The molecule has 3 rings (SSSR count). The zero-order valence-corrected chi connectivity index (χ0v) is 13.7. The molecule has 0 aliphatic rings. The summed E-state index contributed by atoms with van der Waals surface area (Å²) in [6.07, 6.45) is 1.37. The molecule has 1 N–H and O–H groups in total. The van der Waals surface area contributed by atoms with E-state index in [2.05, 4.69) is 47.0 Å². The molecule has 1 heterocycles. The highest BCUT2D eigenvalue weighted by Gasteiger charge is 2.09. The minimum atomic E-state index is -0.284. The third kappa shape index (κ3) is 3.81. The summed E-state index contributed by atoms with van der Waals surface area (Å²) in [4.78, 5) is 14.2. The minimum absolute atomic E-state index is 0.263. The van der Waals surface area contributed by atoms with Gasteiger partial charge >= 0.3 is 0 Å². The van der Waals surface area contributed by atoms with Gasteiger partial charge < -0.3 is 9.84 Å². The predicted octanol–water partition coefficient (Wildman–Crippen LogP) is 4.69. The van der Waals surface area contributed by atoms with Gasteiger partial charge in [-0.3, -0.25) is 4.79 Å². The molecule has 0 aliphatic heterocycles. The third-order valence-electron chi connectivity index (χ3n) is 3.50. The fourth-order valence-electron chi connectivity index (χ4n) is 2.04. The molecule has 0 saturated heterocycles. The van der Waals surface area contributed by atoms with Crippen LogP contribution in [0.5, 0.6) is 0 Å². The highest BCUT2D eigenvalue weighted by atomic mass is 32.2. The lowest BCUT2D eigenvalue weighted by molar-refractivity contribution is 0.101. The Kier molecular flexibility index (Phi) is 4.48. The Morgan fingerprint density at radius 3 is 2.39 bits per heavy atom. The summed E-state index contributed by atoms with van der Waals surface area (Å²) >= 11 is 1.70. The van der Waals surface area contributed by atoms with Crippen LogP contribution >= 0.6 is 11.8 Å². The number of carbonyl (C=O) groups excluding carboxylic acids is 1. The van der Waals surface area contributed by atoms with Gasteiger partial charge in [0.15, 0.2) is 5.69 Å². The average Bonchev–Trinajstić information content (AvgIpc) is 3.07. The van der Waals surface area contributed by atoms with Crippen molar-refractivity contribution in [1.82, 2.24) is 5.16 Å². The highest BCUT2D eigenvalue weighted by Crippen LogP contribution is 2.29. The molecule has 0 unspecified atom stereocenters. The van der Waals surface area contributed by atoms with Gasteiger partial charge in [0.25, 0.3) is 5.91 Å². The molecule has 0 spiro atoms. The van der Waals surface area contributed by atoms with E-state index in [-0.39, 0.29) is 11.6 Å². The summed E-state index contributed by atoms with van der Waals surface area (Å²) in [6, 6.07) is 15.7. The van der Waals surface area contributed by atoms with Gasteiger partial charge in [-0.2, -0.15) is 0 Å². The molecule has 116 valence electrons. The quantitative estimate of drug-likeness (QED) is 0.756. The first kappa shape index (κ1) is 15.4. The number of nitrogens with one attached hydrogen (secondary N) is 1.